The van der Waals surface area contributed by atoms with Gasteiger partial charge in [0.1, 0.15) is 23.7 Å². The van der Waals surface area contributed by atoms with E-state index in [1.54, 1.807) is 0 Å². The minimum absolute atomic E-state index is 0.0404. The number of aliphatic imine (C=N–C) groups is 1. The van der Waals surface area contributed by atoms with Crippen LogP contribution in [0, 0.1) is 6.92 Å². The Morgan fingerprint density at radius 3 is 2.80 bits per heavy atom. The smallest absolute Gasteiger partial charge is 0.192 e. The summed E-state index contributed by atoms with van der Waals surface area (Å²) in [5.41, 5.74) is 1.18. The molecule has 4 rings (SSSR count). The predicted molar refractivity (Wildman–Crippen MR) is 119 cm³/mol. The first-order chi connectivity index (χ1) is 14.6. The zero-order valence-corrected chi connectivity index (χ0v) is 18.4. The molecule has 1 spiro atoms. The molecule has 7 nitrogen and oxygen atoms in total. The molecule has 0 radical (unpaired) electrons. The third-order valence-corrected chi connectivity index (χ3v) is 6.41. The van der Waals surface area contributed by atoms with Crippen molar-refractivity contribution in [2.45, 2.75) is 77.0 Å². The monoisotopic (exact) mass is 410 g/mol. The standard InChI is InChI=1S/C23H34N6O/c1-4-5-14-24-22(25-16-21-28-27-17(2)29(21)3)26-19-15-23(12-8-9-13-23)30-20-11-7-6-10-18(19)20/h6-7,10-11,19H,4-5,8-9,12-16H2,1-3H3,(H2,24,25,26). The second kappa shape index (κ2) is 9.06. The van der Waals surface area contributed by atoms with Crippen molar-refractivity contribution < 1.29 is 4.74 Å². The van der Waals surface area contributed by atoms with Gasteiger partial charge in [-0.1, -0.05) is 31.5 Å². The molecular weight excluding hydrogens is 376 g/mol. The van der Waals surface area contributed by atoms with Gasteiger partial charge in [-0.3, -0.25) is 0 Å². The number of nitrogens with zero attached hydrogens (tertiary/aromatic N) is 4. The van der Waals surface area contributed by atoms with Crippen molar-refractivity contribution >= 4 is 5.96 Å². The number of ether oxygens (including phenoxy) is 1. The molecule has 1 aliphatic carbocycles. The van der Waals surface area contributed by atoms with Gasteiger partial charge in [0.15, 0.2) is 11.8 Å². The number of nitrogens with one attached hydrogen (secondary N) is 2. The number of aromatic nitrogens is 3. The number of benzene rings is 1. The molecule has 0 saturated heterocycles. The number of hydrogen-bond acceptors (Lipinski definition) is 4. The van der Waals surface area contributed by atoms with E-state index in [-0.39, 0.29) is 11.6 Å². The van der Waals surface area contributed by atoms with E-state index in [4.69, 9.17) is 9.73 Å². The molecule has 2 aliphatic rings. The number of unbranched alkanes of at least 4 members (excludes halogenated alkanes) is 1. The Morgan fingerprint density at radius 2 is 2.07 bits per heavy atom. The van der Waals surface area contributed by atoms with Crippen LogP contribution in [0.1, 0.15) is 75.1 Å². The maximum Gasteiger partial charge on any atom is 0.192 e. The molecule has 1 atom stereocenters. The quantitative estimate of drug-likeness (QED) is 0.430. The van der Waals surface area contributed by atoms with Crippen molar-refractivity contribution in [3.63, 3.8) is 0 Å². The van der Waals surface area contributed by atoms with E-state index in [9.17, 15) is 0 Å². The molecule has 0 bridgehead atoms. The second-order valence-corrected chi connectivity index (χ2v) is 8.60. The van der Waals surface area contributed by atoms with E-state index >= 15 is 0 Å². The van der Waals surface area contributed by atoms with Crippen molar-refractivity contribution in [2.75, 3.05) is 6.54 Å². The normalized spacial score (nSPS) is 20.1. The van der Waals surface area contributed by atoms with Crippen LogP contribution in [-0.2, 0) is 13.6 Å². The predicted octanol–water partition coefficient (Wildman–Crippen LogP) is 3.80. The van der Waals surface area contributed by atoms with Crippen molar-refractivity contribution in [1.29, 1.82) is 0 Å². The SMILES string of the molecule is CCCCNC(=NCc1nnc(C)n1C)NC1CC2(CCCC2)Oc2ccccc21. The van der Waals surface area contributed by atoms with Gasteiger partial charge < -0.3 is 19.9 Å². The Bertz CT molecular complexity index is 884. The van der Waals surface area contributed by atoms with Crippen LogP contribution in [0.25, 0.3) is 0 Å². The molecule has 2 aromatic rings. The van der Waals surface area contributed by atoms with Crippen LogP contribution in [0.2, 0.25) is 0 Å². The van der Waals surface area contributed by atoms with Gasteiger partial charge in [-0.05, 0) is 45.1 Å². The largest absolute Gasteiger partial charge is 0.487 e. The van der Waals surface area contributed by atoms with Gasteiger partial charge in [0.25, 0.3) is 0 Å². The Kier molecular flexibility index (Phi) is 6.25. The van der Waals surface area contributed by atoms with Gasteiger partial charge in [-0.2, -0.15) is 0 Å². The van der Waals surface area contributed by atoms with Crippen LogP contribution in [0.15, 0.2) is 29.3 Å². The van der Waals surface area contributed by atoms with E-state index in [1.807, 2.05) is 18.5 Å². The third-order valence-electron chi connectivity index (χ3n) is 6.41. The summed E-state index contributed by atoms with van der Waals surface area (Å²) in [6.45, 7) is 5.55. The first-order valence-corrected chi connectivity index (χ1v) is 11.3. The topological polar surface area (TPSA) is 76.4 Å². The summed E-state index contributed by atoms with van der Waals surface area (Å²) in [5.74, 6) is 3.61. The zero-order valence-electron chi connectivity index (χ0n) is 18.4. The summed E-state index contributed by atoms with van der Waals surface area (Å²) in [7, 11) is 1.98. The first kappa shape index (κ1) is 20.7. The number of guanidine groups is 1. The molecular formula is C23H34N6O. The minimum Gasteiger partial charge on any atom is -0.487 e. The Morgan fingerprint density at radius 1 is 1.27 bits per heavy atom. The highest BCUT2D eigenvalue weighted by Crippen LogP contribution is 2.46. The van der Waals surface area contributed by atoms with Crippen molar-refractivity contribution in [3.05, 3.63) is 41.5 Å². The van der Waals surface area contributed by atoms with Crippen LogP contribution < -0.4 is 15.4 Å². The highest BCUT2D eigenvalue weighted by atomic mass is 16.5. The van der Waals surface area contributed by atoms with E-state index in [0.29, 0.717) is 6.54 Å². The van der Waals surface area contributed by atoms with Crippen LogP contribution in [0.4, 0.5) is 0 Å². The molecule has 1 aromatic carbocycles. The number of fused-ring (bicyclic) bond motifs is 1. The van der Waals surface area contributed by atoms with Crippen molar-refractivity contribution in [2.24, 2.45) is 12.0 Å². The Balaban J connectivity index is 1.56. The van der Waals surface area contributed by atoms with E-state index in [1.165, 1.54) is 18.4 Å². The third kappa shape index (κ3) is 4.45. The Hall–Kier alpha value is -2.57. The number of rotatable bonds is 6. The molecule has 0 amide bonds. The van der Waals surface area contributed by atoms with E-state index < -0.39 is 0 Å². The number of aryl methyl sites for hydroxylation is 1. The summed E-state index contributed by atoms with van der Waals surface area (Å²) in [5, 5.41) is 15.6. The van der Waals surface area contributed by atoms with Crippen LogP contribution in [0.3, 0.4) is 0 Å². The average Bonchev–Trinajstić information content (AvgIpc) is 3.33. The molecule has 1 fully saturated rings. The molecule has 30 heavy (non-hydrogen) atoms. The van der Waals surface area contributed by atoms with E-state index in [2.05, 4.69) is 52.0 Å². The van der Waals surface area contributed by atoms with Gasteiger partial charge in [-0.15, -0.1) is 10.2 Å². The molecule has 2 heterocycles. The summed E-state index contributed by atoms with van der Waals surface area (Å²) < 4.78 is 8.51. The highest BCUT2D eigenvalue weighted by molar-refractivity contribution is 5.80. The van der Waals surface area contributed by atoms with Crippen LogP contribution >= 0.6 is 0 Å². The second-order valence-electron chi connectivity index (χ2n) is 8.60. The summed E-state index contributed by atoms with van der Waals surface area (Å²) in [6.07, 6.45) is 7.98. The number of para-hydroxylation sites is 1. The summed E-state index contributed by atoms with van der Waals surface area (Å²) in [4.78, 5) is 4.85. The van der Waals surface area contributed by atoms with Crippen molar-refractivity contribution in [1.82, 2.24) is 25.4 Å². The van der Waals surface area contributed by atoms with Crippen LogP contribution in [-0.4, -0.2) is 32.9 Å². The average molecular weight is 411 g/mol. The highest BCUT2D eigenvalue weighted by Gasteiger charge is 2.43. The lowest BCUT2D eigenvalue weighted by atomic mass is 9.86. The lowest BCUT2D eigenvalue weighted by Crippen LogP contribution is -2.46. The molecule has 1 aromatic heterocycles. The molecule has 1 unspecified atom stereocenters. The fourth-order valence-electron chi connectivity index (χ4n) is 4.51. The van der Waals surface area contributed by atoms with Gasteiger partial charge in [0.05, 0.1) is 6.04 Å². The Labute approximate surface area is 179 Å². The maximum atomic E-state index is 6.52. The minimum atomic E-state index is -0.0404. The molecule has 1 saturated carbocycles. The van der Waals surface area contributed by atoms with E-state index in [0.717, 1.165) is 62.0 Å². The lowest BCUT2D eigenvalue weighted by molar-refractivity contribution is 0.0396. The molecule has 7 heteroatoms. The maximum absolute atomic E-state index is 6.52. The summed E-state index contributed by atoms with van der Waals surface area (Å²) >= 11 is 0. The fourth-order valence-corrected chi connectivity index (χ4v) is 4.51. The van der Waals surface area contributed by atoms with Gasteiger partial charge in [0, 0.05) is 25.6 Å². The zero-order chi connectivity index (χ0) is 21.0. The summed E-state index contributed by atoms with van der Waals surface area (Å²) in [6, 6.07) is 8.61. The van der Waals surface area contributed by atoms with Crippen molar-refractivity contribution in [3.8, 4) is 5.75 Å². The van der Waals surface area contributed by atoms with Gasteiger partial charge in [0.2, 0.25) is 0 Å². The first-order valence-electron chi connectivity index (χ1n) is 11.3. The van der Waals surface area contributed by atoms with Crippen LogP contribution in [0.5, 0.6) is 5.75 Å². The number of hydrogen-bond donors (Lipinski definition) is 2. The lowest BCUT2D eigenvalue weighted by Gasteiger charge is -2.40. The fraction of sp³-hybridized carbons (Fsp3) is 0.609. The molecule has 1 aliphatic heterocycles. The molecule has 162 valence electrons. The van der Waals surface area contributed by atoms with Gasteiger partial charge >= 0.3 is 0 Å². The van der Waals surface area contributed by atoms with Gasteiger partial charge in [-0.25, -0.2) is 4.99 Å². The molecule has 2 N–H and O–H groups in total.